The molecule has 124 valence electrons. The van der Waals surface area contributed by atoms with E-state index >= 15 is 0 Å². The summed E-state index contributed by atoms with van der Waals surface area (Å²) < 4.78 is 7.84. The van der Waals surface area contributed by atoms with Gasteiger partial charge in [-0.25, -0.2) is 4.98 Å². The van der Waals surface area contributed by atoms with Crippen molar-refractivity contribution in [2.24, 2.45) is 0 Å². The standard InChI is InChI=1S/C18H25N3O2/c1-14(2)16-7-4-5-8-17(16)23-15(3)18(22)20-9-6-11-21-12-10-19-13-21/h4-5,7-8,10,12-15H,6,9,11H2,1-3H3,(H,20,22). The molecular weight excluding hydrogens is 290 g/mol. The van der Waals surface area contributed by atoms with E-state index in [9.17, 15) is 4.79 Å². The van der Waals surface area contributed by atoms with Crippen molar-refractivity contribution in [2.45, 2.75) is 45.8 Å². The molecule has 1 atom stereocenters. The highest BCUT2D eigenvalue weighted by molar-refractivity contribution is 5.80. The number of nitrogens with zero attached hydrogens (tertiary/aromatic N) is 2. The lowest BCUT2D eigenvalue weighted by atomic mass is 10.0. The van der Waals surface area contributed by atoms with Crippen molar-refractivity contribution in [3.05, 3.63) is 48.5 Å². The summed E-state index contributed by atoms with van der Waals surface area (Å²) in [5, 5.41) is 2.92. The molecule has 0 aliphatic rings. The fourth-order valence-corrected chi connectivity index (χ4v) is 2.34. The number of hydrogen-bond acceptors (Lipinski definition) is 3. The minimum absolute atomic E-state index is 0.0887. The van der Waals surface area contributed by atoms with Crippen LogP contribution in [0.1, 0.15) is 38.7 Å². The molecule has 5 heteroatoms. The molecule has 0 spiro atoms. The van der Waals surface area contributed by atoms with E-state index in [0.717, 1.165) is 24.3 Å². The predicted molar refractivity (Wildman–Crippen MR) is 90.5 cm³/mol. The Morgan fingerprint density at radius 3 is 2.78 bits per heavy atom. The van der Waals surface area contributed by atoms with E-state index < -0.39 is 6.10 Å². The van der Waals surface area contributed by atoms with Gasteiger partial charge in [-0.1, -0.05) is 32.0 Å². The summed E-state index contributed by atoms with van der Waals surface area (Å²) in [7, 11) is 0. The van der Waals surface area contributed by atoms with E-state index in [1.54, 1.807) is 19.4 Å². The molecule has 0 saturated carbocycles. The molecule has 1 amide bonds. The van der Waals surface area contributed by atoms with E-state index in [1.165, 1.54) is 0 Å². The summed E-state index contributed by atoms with van der Waals surface area (Å²) >= 11 is 0. The number of imidazole rings is 1. The van der Waals surface area contributed by atoms with Crippen molar-refractivity contribution in [3.8, 4) is 5.75 Å². The molecular formula is C18H25N3O2. The minimum atomic E-state index is -0.511. The van der Waals surface area contributed by atoms with Gasteiger partial charge < -0.3 is 14.6 Å². The maximum Gasteiger partial charge on any atom is 0.260 e. The summed E-state index contributed by atoms with van der Waals surface area (Å²) in [4.78, 5) is 16.1. The minimum Gasteiger partial charge on any atom is -0.481 e. The SMILES string of the molecule is CC(Oc1ccccc1C(C)C)C(=O)NCCCn1ccnc1. The topological polar surface area (TPSA) is 56.1 Å². The van der Waals surface area contributed by atoms with E-state index in [2.05, 4.69) is 24.1 Å². The van der Waals surface area contributed by atoms with Crippen molar-refractivity contribution in [2.75, 3.05) is 6.54 Å². The largest absolute Gasteiger partial charge is 0.481 e. The van der Waals surface area contributed by atoms with Crippen LogP contribution in [0.3, 0.4) is 0 Å². The fourth-order valence-electron chi connectivity index (χ4n) is 2.34. The summed E-state index contributed by atoms with van der Waals surface area (Å²) in [5.74, 6) is 1.05. The lowest BCUT2D eigenvalue weighted by Gasteiger charge is -2.18. The molecule has 0 aliphatic carbocycles. The number of carbonyl (C=O) groups excluding carboxylic acids is 1. The number of rotatable bonds is 8. The second-order valence-corrected chi connectivity index (χ2v) is 5.90. The Bertz CT molecular complexity index is 608. The maximum absolute atomic E-state index is 12.1. The molecule has 1 aromatic carbocycles. The Morgan fingerprint density at radius 1 is 1.30 bits per heavy atom. The summed E-state index contributed by atoms with van der Waals surface area (Å²) in [6, 6.07) is 7.87. The van der Waals surface area contributed by atoms with E-state index in [-0.39, 0.29) is 5.91 Å². The molecule has 1 heterocycles. The highest BCUT2D eigenvalue weighted by atomic mass is 16.5. The van der Waals surface area contributed by atoms with Crippen LogP contribution in [-0.4, -0.2) is 28.1 Å². The molecule has 0 radical (unpaired) electrons. The maximum atomic E-state index is 12.1. The number of aryl methyl sites for hydroxylation is 1. The monoisotopic (exact) mass is 315 g/mol. The first-order valence-electron chi connectivity index (χ1n) is 8.07. The zero-order chi connectivity index (χ0) is 16.7. The van der Waals surface area contributed by atoms with Gasteiger partial charge in [0.25, 0.3) is 5.91 Å². The van der Waals surface area contributed by atoms with Crippen LogP contribution >= 0.6 is 0 Å². The molecule has 1 aromatic heterocycles. The van der Waals surface area contributed by atoms with Gasteiger partial charge in [-0.05, 0) is 30.9 Å². The van der Waals surface area contributed by atoms with Gasteiger partial charge in [-0.3, -0.25) is 4.79 Å². The van der Waals surface area contributed by atoms with Gasteiger partial charge in [0, 0.05) is 25.5 Å². The quantitative estimate of drug-likeness (QED) is 0.762. The van der Waals surface area contributed by atoms with Gasteiger partial charge in [0.2, 0.25) is 0 Å². The molecule has 1 N–H and O–H groups in total. The van der Waals surface area contributed by atoms with Crippen molar-refractivity contribution < 1.29 is 9.53 Å². The number of para-hydroxylation sites is 1. The van der Waals surface area contributed by atoms with E-state index in [4.69, 9.17) is 4.74 Å². The highest BCUT2D eigenvalue weighted by Crippen LogP contribution is 2.26. The van der Waals surface area contributed by atoms with Crippen LogP contribution in [-0.2, 0) is 11.3 Å². The highest BCUT2D eigenvalue weighted by Gasteiger charge is 2.16. The van der Waals surface area contributed by atoms with Crippen LogP contribution in [0.25, 0.3) is 0 Å². The zero-order valence-electron chi connectivity index (χ0n) is 14.0. The number of hydrogen-bond donors (Lipinski definition) is 1. The number of nitrogens with one attached hydrogen (secondary N) is 1. The second kappa shape index (κ2) is 8.36. The Hall–Kier alpha value is -2.30. The fraction of sp³-hybridized carbons (Fsp3) is 0.444. The molecule has 0 saturated heterocycles. The van der Waals surface area contributed by atoms with Crippen molar-refractivity contribution in [1.29, 1.82) is 0 Å². The molecule has 23 heavy (non-hydrogen) atoms. The lowest BCUT2D eigenvalue weighted by Crippen LogP contribution is -2.37. The van der Waals surface area contributed by atoms with Gasteiger partial charge in [0.1, 0.15) is 5.75 Å². The molecule has 1 unspecified atom stereocenters. The average molecular weight is 315 g/mol. The first-order chi connectivity index (χ1) is 11.1. The lowest BCUT2D eigenvalue weighted by molar-refractivity contribution is -0.127. The molecule has 5 nitrogen and oxygen atoms in total. The van der Waals surface area contributed by atoms with Crippen molar-refractivity contribution >= 4 is 5.91 Å². The van der Waals surface area contributed by atoms with Crippen molar-refractivity contribution in [1.82, 2.24) is 14.9 Å². The van der Waals surface area contributed by atoms with Crippen LogP contribution in [0.4, 0.5) is 0 Å². The van der Waals surface area contributed by atoms with E-state index in [1.807, 2.05) is 35.0 Å². The smallest absolute Gasteiger partial charge is 0.260 e. The van der Waals surface area contributed by atoms with Crippen LogP contribution < -0.4 is 10.1 Å². The zero-order valence-corrected chi connectivity index (χ0v) is 14.0. The Balaban J connectivity index is 1.78. The number of benzene rings is 1. The van der Waals surface area contributed by atoms with Gasteiger partial charge in [-0.15, -0.1) is 0 Å². The summed E-state index contributed by atoms with van der Waals surface area (Å²) in [6.07, 6.45) is 5.79. The van der Waals surface area contributed by atoms with Crippen molar-refractivity contribution in [3.63, 3.8) is 0 Å². The number of ether oxygens (including phenoxy) is 1. The molecule has 0 aliphatic heterocycles. The second-order valence-electron chi connectivity index (χ2n) is 5.90. The van der Waals surface area contributed by atoms with Gasteiger partial charge in [0.15, 0.2) is 6.10 Å². The molecule has 0 fully saturated rings. The predicted octanol–water partition coefficient (Wildman–Crippen LogP) is 2.98. The molecule has 2 rings (SSSR count). The van der Waals surface area contributed by atoms with Crippen LogP contribution in [0.5, 0.6) is 5.75 Å². The average Bonchev–Trinajstić information content (AvgIpc) is 3.05. The van der Waals surface area contributed by atoms with Gasteiger partial charge in [-0.2, -0.15) is 0 Å². The molecule has 0 bridgehead atoms. The van der Waals surface area contributed by atoms with E-state index in [0.29, 0.717) is 12.5 Å². The number of carbonyl (C=O) groups is 1. The van der Waals surface area contributed by atoms with Gasteiger partial charge in [0.05, 0.1) is 6.33 Å². The Kier molecular flexibility index (Phi) is 6.20. The van der Waals surface area contributed by atoms with Crippen LogP contribution in [0.2, 0.25) is 0 Å². The number of aromatic nitrogens is 2. The summed E-state index contributed by atoms with van der Waals surface area (Å²) in [6.45, 7) is 7.47. The third-order valence-corrected chi connectivity index (χ3v) is 3.67. The first kappa shape index (κ1) is 17.1. The Labute approximate surface area is 137 Å². The third kappa shape index (κ3) is 5.13. The first-order valence-corrected chi connectivity index (χ1v) is 8.07. The number of amides is 1. The molecule has 2 aromatic rings. The van der Waals surface area contributed by atoms with Gasteiger partial charge >= 0.3 is 0 Å². The normalized spacial score (nSPS) is 12.2. The third-order valence-electron chi connectivity index (χ3n) is 3.67. The Morgan fingerprint density at radius 2 is 2.09 bits per heavy atom. The van der Waals surface area contributed by atoms with Crippen LogP contribution in [0, 0.1) is 0 Å². The summed E-state index contributed by atoms with van der Waals surface area (Å²) in [5.41, 5.74) is 1.12. The van der Waals surface area contributed by atoms with Crippen LogP contribution in [0.15, 0.2) is 43.0 Å².